The molecule has 1 aromatic carbocycles. The highest BCUT2D eigenvalue weighted by molar-refractivity contribution is 5.45. The number of aromatic hydroxyl groups is 1. The van der Waals surface area contributed by atoms with Gasteiger partial charge in [-0.05, 0) is 30.7 Å². The van der Waals surface area contributed by atoms with E-state index in [1.165, 1.54) is 19.3 Å². The second-order valence-electron chi connectivity index (χ2n) is 6.18. The molecular weight excluding hydrogens is 252 g/mol. The summed E-state index contributed by atoms with van der Waals surface area (Å²) in [6.07, 6.45) is 3.74. The van der Waals surface area contributed by atoms with Gasteiger partial charge in [-0.2, -0.15) is 0 Å². The Kier molecular flexibility index (Phi) is 3.85. The molecule has 3 N–H and O–H groups in total. The fourth-order valence-corrected chi connectivity index (χ4v) is 3.84. The molecule has 1 heterocycles. The van der Waals surface area contributed by atoms with Crippen molar-refractivity contribution in [3.63, 3.8) is 0 Å². The van der Waals surface area contributed by atoms with E-state index in [2.05, 4.69) is 4.90 Å². The summed E-state index contributed by atoms with van der Waals surface area (Å²) >= 11 is 0. The predicted octanol–water partition coefficient (Wildman–Crippen LogP) is 1.96. The van der Waals surface area contributed by atoms with Crippen molar-refractivity contribution in [2.75, 3.05) is 20.2 Å². The second-order valence-corrected chi connectivity index (χ2v) is 6.18. The van der Waals surface area contributed by atoms with E-state index in [1.807, 2.05) is 12.1 Å². The first-order chi connectivity index (χ1) is 9.69. The van der Waals surface area contributed by atoms with Crippen LogP contribution in [0.15, 0.2) is 18.2 Å². The van der Waals surface area contributed by atoms with Gasteiger partial charge in [0, 0.05) is 31.2 Å². The minimum Gasteiger partial charge on any atom is -0.504 e. The van der Waals surface area contributed by atoms with Crippen LogP contribution in [0.2, 0.25) is 0 Å². The molecule has 3 unspecified atom stereocenters. The number of nitrogens with zero attached hydrogens (tertiary/aromatic N) is 1. The van der Waals surface area contributed by atoms with E-state index < -0.39 is 0 Å². The normalized spacial score (nSPS) is 30.2. The van der Waals surface area contributed by atoms with Crippen molar-refractivity contribution in [3.8, 4) is 11.5 Å². The van der Waals surface area contributed by atoms with E-state index in [1.54, 1.807) is 13.2 Å². The zero-order valence-electron chi connectivity index (χ0n) is 12.1. The first-order valence-corrected chi connectivity index (χ1v) is 7.52. The van der Waals surface area contributed by atoms with Crippen molar-refractivity contribution >= 4 is 0 Å². The van der Waals surface area contributed by atoms with Crippen molar-refractivity contribution in [1.82, 2.24) is 4.90 Å². The Balaban J connectivity index is 1.70. The van der Waals surface area contributed by atoms with E-state index in [0.29, 0.717) is 17.7 Å². The zero-order chi connectivity index (χ0) is 14.1. The van der Waals surface area contributed by atoms with Crippen molar-refractivity contribution in [2.24, 2.45) is 17.6 Å². The molecule has 4 nitrogen and oxygen atoms in total. The Morgan fingerprint density at radius 1 is 1.35 bits per heavy atom. The number of hydrogen-bond acceptors (Lipinski definition) is 4. The van der Waals surface area contributed by atoms with Gasteiger partial charge in [0.25, 0.3) is 0 Å². The lowest BCUT2D eigenvalue weighted by Gasteiger charge is -2.29. The summed E-state index contributed by atoms with van der Waals surface area (Å²) in [6, 6.07) is 6.05. The third-order valence-corrected chi connectivity index (χ3v) is 4.93. The molecule has 0 spiro atoms. The van der Waals surface area contributed by atoms with Gasteiger partial charge in [0.15, 0.2) is 11.5 Å². The van der Waals surface area contributed by atoms with Crippen LogP contribution in [0.1, 0.15) is 24.8 Å². The largest absolute Gasteiger partial charge is 0.504 e. The average Bonchev–Trinajstić information content (AvgIpc) is 2.85. The number of phenolic OH excluding ortho intramolecular Hbond substituents is 1. The minimum atomic E-state index is 0.272. The van der Waals surface area contributed by atoms with Crippen LogP contribution in [-0.2, 0) is 6.54 Å². The molecule has 1 aliphatic heterocycles. The maximum atomic E-state index is 10.2. The van der Waals surface area contributed by atoms with Gasteiger partial charge in [-0.3, -0.25) is 4.90 Å². The van der Waals surface area contributed by atoms with Gasteiger partial charge in [-0.1, -0.05) is 18.6 Å². The first kappa shape index (κ1) is 13.7. The monoisotopic (exact) mass is 276 g/mol. The number of fused-ring (bicyclic) bond motifs is 1. The third kappa shape index (κ3) is 2.50. The van der Waals surface area contributed by atoms with Crippen LogP contribution >= 0.6 is 0 Å². The molecule has 0 aromatic heterocycles. The number of likely N-dealkylation sites (tertiary alicyclic amines) is 1. The Morgan fingerprint density at radius 2 is 2.20 bits per heavy atom. The number of para-hydroxylation sites is 1. The fourth-order valence-electron chi connectivity index (χ4n) is 3.84. The molecular formula is C16H24N2O2. The second kappa shape index (κ2) is 5.62. The summed E-state index contributed by atoms with van der Waals surface area (Å²) in [5.74, 6) is 2.20. The van der Waals surface area contributed by atoms with Crippen molar-refractivity contribution in [1.29, 1.82) is 0 Å². The van der Waals surface area contributed by atoms with E-state index in [9.17, 15) is 5.11 Å². The maximum absolute atomic E-state index is 10.2. The summed E-state index contributed by atoms with van der Waals surface area (Å²) in [7, 11) is 1.59. The number of nitrogens with two attached hydrogens (primary N) is 1. The summed E-state index contributed by atoms with van der Waals surface area (Å²) in [6.45, 7) is 2.94. The average molecular weight is 276 g/mol. The molecule has 1 aromatic rings. The van der Waals surface area contributed by atoms with Gasteiger partial charge >= 0.3 is 0 Å². The molecule has 4 heteroatoms. The SMILES string of the molecule is COc1cccc(CN2CC3CCCC(N)C3C2)c1O. The molecule has 1 saturated heterocycles. The molecule has 2 aliphatic rings. The molecule has 110 valence electrons. The molecule has 3 rings (SSSR count). The number of benzene rings is 1. The van der Waals surface area contributed by atoms with Gasteiger partial charge in [0.05, 0.1) is 7.11 Å². The van der Waals surface area contributed by atoms with Crippen LogP contribution in [0, 0.1) is 11.8 Å². The predicted molar refractivity (Wildman–Crippen MR) is 78.7 cm³/mol. The van der Waals surface area contributed by atoms with Crippen LogP contribution in [0.4, 0.5) is 0 Å². The Morgan fingerprint density at radius 3 is 2.95 bits per heavy atom. The van der Waals surface area contributed by atoms with E-state index >= 15 is 0 Å². The summed E-state index contributed by atoms with van der Waals surface area (Å²) in [4.78, 5) is 2.43. The number of phenols is 1. The van der Waals surface area contributed by atoms with E-state index in [0.717, 1.165) is 31.1 Å². The van der Waals surface area contributed by atoms with E-state index in [4.69, 9.17) is 10.5 Å². The summed E-state index contributed by atoms with van der Waals surface area (Å²) < 4.78 is 5.17. The van der Waals surface area contributed by atoms with Gasteiger partial charge in [-0.15, -0.1) is 0 Å². The molecule has 1 saturated carbocycles. The highest BCUT2D eigenvalue weighted by Gasteiger charge is 2.38. The molecule has 0 amide bonds. The van der Waals surface area contributed by atoms with Crippen molar-refractivity contribution in [2.45, 2.75) is 31.8 Å². The lowest BCUT2D eigenvalue weighted by molar-refractivity contribution is 0.259. The Labute approximate surface area is 120 Å². The Bertz CT molecular complexity index is 478. The molecule has 2 fully saturated rings. The van der Waals surface area contributed by atoms with Crippen LogP contribution in [0.5, 0.6) is 11.5 Å². The molecule has 20 heavy (non-hydrogen) atoms. The number of hydrogen-bond donors (Lipinski definition) is 2. The molecule has 0 bridgehead atoms. The number of rotatable bonds is 3. The third-order valence-electron chi connectivity index (χ3n) is 4.93. The lowest BCUT2D eigenvalue weighted by Crippen LogP contribution is -2.38. The lowest BCUT2D eigenvalue weighted by atomic mass is 9.78. The standard InChI is InChI=1S/C16H24N2O2/c1-20-15-7-3-5-12(16(15)19)9-18-8-11-4-2-6-14(17)13(11)10-18/h3,5,7,11,13-14,19H,2,4,6,8-10,17H2,1H3. The number of ether oxygens (including phenoxy) is 1. The topological polar surface area (TPSA) is 58.7 Å². The molecule has 1 aliphatic carbocycles. The van der Waals surface area contributed by atoms with E-state index in [-0.39, 0.29) is 5.75 Å². The fraction of sp³-hybridized carbons (Fsp3) is 0.625. The van der Waals surface area contributed by atoms with Crippen molar-refractivity contribution < 1.29 is 9.84 Å². The van der Waals surface area contributed by atoms with Gasteiger partial charge in [-0.25, -0.2) is 0 Å². The Hall–Kier alpha value is -1.26. The van der Waals surface area contributed by atoms with Crippen LogP contribution in [-0.4, -0.2) is 36.2 Å². The maximum Gasteiger partial charge on any atom is 0.162 e. The zero-order valence-corrected chi connectivity index (χ0v) is 12.1. The molecule has 0 radical (unpaired) electrons. The minimum absolute atomic E-state index is 0.272. The first-order valence-electron chi connectivity index (χ1n) is 7.52. The van der Waals surface area contributed by atoms with Gasteiger partial charge in [0.1, 0.15) is 0 Å². The summed E-state index contributed by atoms with van der Waals surface area (Å²) in [5.41, 5.74) is 7.20. The molecule has 3 atom stereocenters. The highest BCUT2D eigenvalue weighted by Crippen LogP contribution is 2.37. The van der Waals surface area contributed by atoms with Crippen LogP contribution in [0.3, 0.4) is 0 Å². The smallest absolute Gasteiger partial charge is 0.162 e. The quantitative estimate of drug-likeness (QED) is 0.886. The highest BCUT2D eigenvalue weighted by atomic mass is 16.5. The number of methoxy groups -OCH3 is 1. The van der Waals surface area contributed by atoms with Crippen LogP contribution < -0.4 is 10.5 Å². The van der Waals surface area contributed by atoms with Gasteiger partial charge in [0.2, 0.25) is 0 Å². The van der Waals surface area contributed by atoms with Crippen molar-refractivity contribution in [3.05, 3.63) is 23.8 Å². The van der Waals surface area contributed by atoms with Gasteiger partial charge < -0.3 is 15.6 Å². The van der Waals surface area contributed by atoms with Crippen LogP contribution in [0.25, 0.3) is 0 Å². The summed E-state index contributed by atoms with van der Waals surface area (Å²) in [5, 5.41) is 10.2.